The molecular weight excluding hydrogens is 444 g/mol. The second-order valence-corrected chi connectivity index (χ2v) is 8.96. The summed E-state index contributed by atoms with van der Waals surface area (Å²) in [5.41, 5.74) is 6.24. The second-order valence-electron chi connectivity index (χ2n) is 8.96. The first-order valence-corrected chi connectivity index (χ1v) is 12.7. The van der Waals surface area contributed by atoms with E-state index >= 15 is 0 Å². The summed E-state index contributed by atoms with van der Waals surface area (Å²) in [5.74, 6) is 0. The Morgan fingerprint density at radius 3 is 2.56 bits per heavy atom. The Labute approximate surface area is 212 Å². The maximum absolute atomic E-state index is 4.82. The van der Waals surface area contributed by atoms with Crippen molar-refractivity contribution in [3.63, 3.8) is 0 Å². The minimum Gasteiger partial charge on any atom is -0.382 e. The first kappa shape index (κ1) is 23.7. The molecule has 5 rings (SSSR count). The number of rotatable bonds is 11. The predicted octanol–water partition coefficient (Wildman–Crippen LogP) is 6.20. The Morgan fingerprint density at radius 2 is 1.72 bits per heavy atom. The van der Waals surface area contributed by atoms with Gasteiger partial charge in [-0.2, -0.15) is 5.10 Å². The van der Waals surface area contributed by atoms with E-state index in [2.05, 4.69) is 63.5 Å². The number of aromatic nitrogens is 4. The third-order valence-corrected chi connectivity index (χ3v) is 6.29. The van der Waals surface area contributed by atoms with Gasteiger partial charge in [0.25, 0.3) is 0 Å². The molecule has 36 heavy (non-hydrogen) atoms. The molecule has 0 saturated heterocycles. The van der Waals surface area contributed by atoms with Crippen molar-refractivity contribution in [2.45, 2.75) is 26.3 Å². The molecular formula is C30H32N6. The van der Waals surface area contributed by atoms with E-state index in [-0.39, 0.29) is 0 Å². The molecule has 6 nitrogen and oxygen atoms in total. The van der Waals surface area contributed by atoms with Crippen LogP contribution >= 0.6 is 0 Å². The van der Waals surface area contributed by atoms with Crippen LogP contribution < -0.4 is 5.32 Å². The minimum absolute atomic E-state index is 0.820. The van der Waals surface area contributed by atoms with Gasteiger partial charge >= 0.3 is 0 Å². The van der Waals surface area contributed by atoms with Gasteiger partial charge in [-0.15, -0.1) is 0 Å². The summed E-state index contributed by atoms with van der Waals surface area (Å²) in [6.07, 6.45) is 8.06. The highest BCUT2D eigenvalue weighted by Gasteiger charge is 2.11. The van der Waals surface area contributed by atoms with Crippen molar-refractivity contribution in [2.75, 3.05) is 25.0 Å². The second kappa shape index (κ2) is 11.6. The van der Waals surface area contributed by atoms with Crippen molar-refractivity contribution in [1.29, 1.82) is 0 Å². The van der Waals surface area contributed by atoms with Crippen LogP contribution in [-0.4, -0.2) is 44.3 Å². The van der Waals surface area contributed by atoms with Gasteiger partial charge in [0.2, 0.25) is 0 Å². The number of nitrogens with zero attached hydrogens (tertiary/aromatic N) is 5. The van der Waals surface area contributed by atoms with Crippen LogP contribution in [-0.2, 0) is 6.54 Å². The number of fused-ring (bicyclic) bond motifs is 1. The summed E-state index contributed by atoms with van der Waals surface area (Å²) in [6.45, 7) is 5.85. The van der Waals surface area contributed by atoms with Gasteiger partial charge in [-0.1, -0.05) is 43.7 Å². The average Bonchev–Trinajstić information content (AvgIpc) is 3.41. The van der Waals surface area contributed by atoms with Gasteiger partial charge in [0.05, 0.1) is 28.3 Å². The highest BCUT2D eigenvalue weighted by molar-refractivity contribution is 5.94. The zero-order chi connectivity index (χ0) is 24.6. The molecule has 3 aromatic heterocycles. The third-order valence-electron chi connectivity index (χ3n) is 6.29. The Morgan fingerprint density at radius 1 is 0.861 bits per heavy atom. The van der Waals surface area contributed by atoms with Crippen LogP contribution in [0.2, 0.25) is 0 Å². The van der Waals surface area contributed by atoms with Gasteiger partial charge in [0.1, 0.15) is 0 Å². The van der Waals surface area contributed by atoms with Crippen LogP contribution in [0.5, 0.6) is 0 Å². The van der Waals surface area contributed by atoms with Crippen molar-refractivity contribution in [2.24, 2.45) is 0 Å². The van der Waals surface area contributed by atoms with Crippen molar-refractivity contribution in [3.05, 3.63) is 103 Å². The molecule has 0 unspecified atom stereocenters. The predicted molar refractivity (Wildman–Crippen MR) is 147 cm³/mol. The highest BCUT2D eigenvalue weighted by atomic mass is 15.3. The average molecular weight is 477 g/mol. The Kier molecular flexibility index (Phi) is 7.64. The smallest absolute Gasteiger partial charge is 0.0933 e. The zero-order valence-corrected chi connectivity index (χ0v) is 20.7. The molecule has 3 heterocycles. The van der Waals surface area contributed by atoms with Gasteiger partial charge in [-0.05, 0) is 61.5 Å². The van der Waals surface area contributed by atoms with E-state index < -0.39 is 0 Å². The van der Waals surface area contributed by atoms with E-state index in [1.54, 1.807) is 0 Å². The number of anilines is 1. The molecule has 0 spiro atoms. The quantitative estimate of drug-likeness (QED) is 0.246. The summed E-state index contributed by atoms with van der Waals surface area (Å²) in [7, 11) is 0. The van der Waals surface area contributed by atoms with Gasteiger partial charge < -0.3 is 5.32 Å². The lowest BCUT2D eigenvalue weighted by Gasteiger charge is -2.22. The van der Waals surface area contributed by atoms with E-state index in [1.165, 1.54) is 12.8 Å². The largest absolute Gasteiger partial charge is 0.382 e. The lowest BCUT2D eigenvalue weighted by atomic mass is 10.1. The molecule has 2 aromatic carbocycles. The zero-order valence-electron chi connectivity index (χ0n) is 20.7. The molecule has 182 valence electrons. The molecule has 0 atom stereocenters. The van der Waals surface area contributed by atoms with Crippen molar-refractivity contribution in [3.8, 4) is 16.9 Å². The molecule has 1 N–H and O–H groups in total. The molecule has 0 fully saturated rings. The maximum Gasteiger partial charge on any atom is 0.0933 e. The maximum atomic E-state index is 4.82. The van der Waals surface area contributed by atoms with Crippen LogP contribution in [0.4, 0.5) is 5.69 Å². The summed E-state index contributed by atoms with van der Waals surface area (Å²) < 4.78 is 1.95. The highest BCUT2D eigenvalue weighted by Crippen LogP contribution is 2.28. The molecule has 0 saturated carbocycles. The number of nitrogens with one attached hydrogen (secondary N) is 1. The molecule has 0 radical (unpaired) electrons. The molecule has 5 aromatic rings. The minimum atomic E-state index is 0.820. The summed E-state index contributed by atoms with van der Waals surface area (Å²) in [5, 5.41) is 9.59. The van der Waals surface area contributed by atoms with E-state index in [0.29, 0.717) is 0 Å². The first-order valence-electron chi connectivity index (χ1n) is 12.7. The van der Waals surface area contributed by atoms with Gasteiger partial charge in [0, 0.05) is 49.2 Å². The summed E-state index contributed by atoms with van der Waals surface area (Å²) >= 11 is 0. The van der Waals surface area contributed by atoms with E-state index in [9.17, 15) is 0 Å². The summed E-state index contributed by atoms with van der Waals surface area (Å²) in [6, 6.07) is 26.8. The van der Waals surface area contributed by atoms with Crippen molar-refractivity contribution in [1.82, 2.24) is 24.6 Å². The topological polar surface area (TPSA) is 58.9 Å². The van der Waals surface area contributed by atoms with Gasteiger partial charge in [-0.25, -0.2) is 4.68 Å². The third kappa shape index (κ3) is 5.78. The molecule has 0 amide bonds. The van der Waals surface area contributed by atoms with E-state index in [1.807, 2.05) is 65.7 Å². The molecule has 0 aliphatic rings. The van der Waals surface area contributed by atoms with E-state index in [4.69, 9.17) is 5.10 Å². The van der Waals surface area contributed by atoms with Crippen LogP contribution in [0, 0.1) is 0 Å². The Hall–Kier alpha value is -4.03. The Balaban J connectivity index is 1.29. The summed E-state index contributed by atoms with van der Waals surface area (Å²) in [4.78, 5) is 11.7. The van der Waals surface area contributed by atoms with Crippen LogP contribution in [0.1, 0.15) is 25.5 Å². The fraction of sp³-hybridized carbons (Fsp3) is 0.233. The number of hydrogen-bond donors (Lipinski definition) is 1. The van der Waals surface area contributed by atoms with Gasteiger partial charge in [-0.3, -0.25) is 14.9 Å². The van der Waals surface area contributed by atoms with Gasteiger partial charge in [0.15, 0.2) is 0 Å². The molecule has 0 aliphatic heterocycles. The fourth-order valence-corrected chi connectivity index (χ4v) is 4.41. The number of benzene rings is 2. The number of hydrogen-bond acceptors (Lipinski definition) is 5. The number of pyridine rings is 2. The van der Waals surface area contributed by atoms with Crippen molar-refractivity contribution >= 4 is 16.6 Å². The van der Waals surface area contributed by atoms with Crippen molar-refractivity contribution < 1.29 is 0 Å². The number of para-hydroxylation sites is 1. The normalized spacial score (nSPS) is 11.3. The fourth-order valence-electron chi connectivity index (χ4n) is 4.41. The van der Waals surface area contributed by atoms with Crippen LogP contribution in [0.15, 0.2) is 97.5 Å². The van der Waals surface area contributed by atoms with Crippen LogP contribution in [0.3, 0.4) is 0 Å². The molecule has 0 bridgehead atoms. The van der Waals surface area contributed by atoms with E-state index in [0.717, 1.165) is 65.4 Å². The van der Waals surface area contributed by atoms with Crippen LogP contribution in [0.25, 0.3) is 27.8 Å². The standard InChI is InChI=1S/C30H32N6/c1-2-3-18-35(23-26-14-19-36(34-26)27-11-5-4-6-12-27)20-17-32-29-22-25(28-13-7-8-15-31-28)21-24-10-9-16-33-30(24)29/h4-16,19,21-22,32H,2-3,17-18,20,23H2,1H3. The number of unbranched alkanes of at least 4 members (excludes halogenated alkanes) is 1. The molecule has 0 aliphatic carbocycles. The first-order chi connectivity index (χ1) is 17.8. The SMILES string of the molecule is CCCCN(CCNc1cc(-c2ccccn2)cc2cccnc12)Cc1ccn(-c2ccccc2)n1. The Bertz CT molecular complexity index is 1380. The lowest BCUT2D eigenvalue weighted by Crippen LogP contribution is -2.30. The lowest BCUT2D eigenvalue weighted by molar-refractivity contribution is 0.267. The molecule has 6 heteroatoms. The monoisotopic (exact) mass is 476 g/mol.